The molecule has 18 heavy (non-hydrogen) atoms. The minimum atomic E-state index is -0.0421. The molecule has 3 heteroatoms. The van der Waals surface area contributed by atoms with Gasteiger partial charge in [0, 0.05) is 18.7 Å². The molecule has 100 valence electrons. The Bertz CT molecular complexity index is 373. The largest absolute Gasteiger partial charge is 0.338 e. The molecule has 1 aromatic rings. The molecule has 0 spiro atoms. The maximum absolute atomic E-state index is 12.4. The molecule has 0 atom stereocenters. The van der Waals surface area contributed by atoms with Crippen LogP contribution in [0.1, 0.15) is 37.6 Å². The number of carbonyl (C=O) groups excluding carboxylic acids is 1. The quantitative estimate of drug-likeness (QED) is 0.841. The molecule has 0 radical (unpaired) electrons. The highest BCUT2D eigenvalue weighted by Crippen LogP contribution is 2.17. The molecule has 0 fully saturated rings. The van der Waals surface area contributed by atoms with Crippen LogP contribution in [0.15, 0.2) is 30.3 Å². The normalized spacial score (nSPS) is 11.3. The van der Waals surface area contributed by atoms with Crippen molar-refractivity contribution in [3.8, 4) is 0 Å². The van der Waals surface area contributed by atoms with Crippen LogP contribution in [-0.4, -0.2) is 30.4 Å². The Balaban J connectivity index is 2.82. The topological polar surface area (TPSA) is 46.3 Å². The van der Waals surface area contributed by atoms with E-state index in [0.717, 1.165) is 18.5 Å². The Labute approximate surface area is 110 Å². The SMILES string of the molecule is CCCN(CC(C)(C)CN)C(=O)c1ccccc1. The summed E-state index contributed by atoms with van der Waals surface area (Å²) in [6.45, 7) is 8.32. The van der Waals surface area contributed by atoms with Crippen molar-refractivity contribution in [3.63, 3.8) is 0 Å². The second-order valence-electron chi connectivity index (χ2n) is 5.46. The van der Waals surface area contributed by atoms with Gasteiger partial charge >= 0.3 is 0 Å². The number of nitrogens with two attached hydrogens (primary N) is 1. The van der Waals surface area contributed by atoms with E-state index in [2.05, 4.69) is 20.8 Å². The van der Waals surface area contributed by atoms with Crippen LogP contribution < -0.4 is 5.73 Å². The molecule has 0 unspecified atom stereocenters. The molecule has 0 bridgehead atoms. The van der Waals surface area contributed by atoms with Crippen LogP contribution in [0.4, 0.5) is 0 Å². The van der Waals surface area contributed by atoms with E-state index in [4.69, 9.17) is 5.73 Å². The lowest BCUT2D eigenvalue weighted by Gasteiger charge is -2.31. The standard InChI is InChI=1S/C15H24N2O/c1-4-10-17(12-15(2,3)11-16)14(18)13-8-6-5-7-9-13/h5-9H,4,10-12,16H2,1-3H3. The van der Waals surface area contributed by atoms with Crippen LogP contribution in [0.25, 0.3) is 0 Å². The van der Waals surface area contributed by atoms with Gasteiger partial charge in [-0.25, -0.2) is 0 Å². The van der Waals surface area contributed by atoms with E-state index < -0.39 is 0 Å². The Morgan fingerprint density at radius 3 is 2.39 bits per heavy atom. The molecule has 0 saturated carbocycles. The Hall–Kier alpha value is -1.35. The molecule has 0 aromatic heterocycles. The van der Waals surface area contributed by atoms with E-state index in [9.17, 15) is 4.79 Å². The zero-order valence-corrected chi connectivity index (χ0v) is 11.6. The Morgan fingerprint density at radius 2 is 1.89 bits per heavy atom. The molecule has 1 rings (SSSR count). The zero-order chi connectivity index (χ0) is 13.6. The number of hydrogen-bond donors (Lipinski definition) is 1. The average molecular weight is 248 g/mol. The highest BCUT2D eigenvalue weighted by Gasteiger charge is 2.23. The van der Waals surface area contributed by atoms with Crippen molar-refractivity contribution < 1.29 is 4.79 Å². The number of benzene rings is 1. The maximum Gasteiger partial charge on any atom is 0.253 e. The fraction of sp³-hybridized carbons (Fsp3) is 0.533. The van der Waals surface area contributed by atoms with Crippen molar-refractivity contribution in [1.82, 2.24) is 4.90 Å². The second-order valence-corrected chi connectivity index (χ2v) is 5.46. The van der Waals surface area contributed by atoms with Crippen molar-refractivity contribution in [2.45, 2.75) is 27.2 Å². The number of nitrogens with zero attached hydrogens (tertiary/aromatic N) is 1. The molecule has 3 nitrogen and oxygen atoms in total. The predicted octanol–water partition coefficient (Wildman–Crippen LogP) is 2.52. The van der Waals surface area contributed by atoms with Gasteiger partial charge < -0.3 is 10.6 Å². The molecule has 0 saturated heterocycles. The number of carbonyl (C=O) groups is 1. The van der Waals surface area contributed by atoms with E-state index in [1.165, 1.54) is 0 Å². The fourth-order valence-electron chi connectivity index (χ4n) is 1.87. The van der Waals surface area contributed by atoms with Crippen LogP contribution >= 0.6 is 0 Å². The molecule has 1 aromatic carbocycles. The maximum atomic E-state index is 12.4. The number of amides is 1. The fourth-order valence-corrected chi connectivity index (χ4v) is 1.87. The Kier molecular flexibility index (Phi) is 5.35. The second kappa shape index (κ2) is 6.55. The third-order valence-electron chi connectivity index (χ3n) is 2.97. The molecule has 1 amide bonds. The average Bonchev–Trinajstić information content (AvgIpc) is 2.38. The molecule has 0 aliphatic carbocycles. The highest BCUT2D eigenvalue weighted by molar-refractivity contribution is 5.94. The lowest BCUT2D eigenvalue weighted by atomic mass is 9.92. The first-order chi connectivity index (χ1) is 8.50. The van der Waals surface area contributed by atoms with Crippen LogP contribution in [0, 0.1) is 5.41 Å². The first-order valence-electron chi connectivity index (χ1n) is 6.54. The summed E-state index contributed by atoms with van der Waals surface area (Å²) in [6, 6.07) is 9.43. The summed E-state index contributed by atoms with van der Waals surface area (Å²) in [4.78, 5) is 14.3. The van der Waals surface area contributed by atoms with Crippen molar-refractivity contribution in [1.29, 1.82) is 0 Å². The van der Waals surface area contributed by atoms with Crippen molar-refractivity contribution in [2.75, 3.05) is 19.6 Å². The van der Waals surface area contributed by atoms with Crippen molar-refractivity contribution in [3.05, 3.63) is 35.9 Å². The highest BCUT2D eigenvalue weighted by atomic mass is 16.2. The van der Waals surface area contributed by atoms with Crippen LogP contribution in [0.2, 0.25) is 0 Å². The van der Waals surface area contributed by atoms with Crippen LogP contribution in [-0.2, 0) is 0 Å². The third-order valence-corrected chi connectivity index (χ3v) is 2.97. The van der Waals surface area contributed by atoms with Gasteiger partial charge in [-0.05, 0) is 30.5 Å². The molecule has 0 aliphatic heterocycles. The van der Waals surface area contributed by atoms with Gasteiger partial charge in [-0.2, -0.15) is 0 Å². The van der Waals surface area contributed by atoms with E-state index in [-0.39, 0.29) is 11.3 Å². The van der Waals surface area contributed by atoms with Gasteiger partial charge in [0.25, 0.3) is 5.91 Å². The van der Waals surface area contributed by atoms with Crippen molar-refractivity contribution in [2.24, 2.45) is 11.1 Å². The summed E-state index contributed by atoms with van der Waals surface area (Å²) >= 11 is 0. The molecule has 0 heterocycles. The summed E-state index contributed by atoms with van der Waals surface area (Å²) < 4.78 is 0. The zero-order valence-electron chi connectivity index (χ0n) is 11.6. The minimum absolute atomic E-state index is 0.0421. The van der Waals surface area contributed by atoms with Gasteiger partial charge in [0.2, 0.25) is 0 Å². The van der Waals surface area contributed by atoms with Gasteiger partial charge in [-0.3, -0.25) is 4.79 Å². The predicted molar refractivity (Wildman–Crippen MR) is 75.5 cm³/mol. The van der Waals surface area contributed by atoms with Crippen LogP contribution in [0.5, 0.6) is 0 Å². The van der Waals surface area contributed by atoms with Gasteiger partial charge in [-0.15, -0.1) is 0 Å². The van der Waals surface area contributed by atoms with Gasteiger partial charge in [0.15, 0.2) is 0 Å². The minimum Gasteiger partial charge on any atom is -0.338 e. The Morgan fingerprint density at radius 1 is 1.28 bits per heavy atom. The van der Waals surface area contributed by atoms with Gasteiger partial charge in [-0.1, -0.05) is 39.0 Å². The number of rotatable bonds is 6. The molecular formula is C15H24N2O. The van der Waals surface area contributed by atoms with Crippen LogP contribution in [0.3, 0.4) is 0 Å². The smallest absolute Gasteiger partial charge is 0.253 e. The van der Waals surface area contributed by atoms with E-state index in [0.29, 0.717) is 13.1 Å². The molecule has 0 aliphatic rings. The van der Waals surface area contributed by atoms with E-state index in [1.807, 2.05) is 35.2 Å². The summed E-state index contributed by atoms with van der Waals surface area (Å²) in [7, 11) is 0. The monoisotopic (exact) mass is 248 g/mol. The first kappa shape index (κ1) is 14.7. The molecular weight excluding hydrogens is 224 g/mol. The molecule has 2 N–H and O–H groups in total. The van der Waals surface area contributed by atoms with Crippen molar-refractivity contribution >= 4 is 5.91 Å². The van der Waals surface area contributed by atoms with E-state index >= 15 is 0 Å². The van der Waals surface area contributed by atoms with Gasteiger partial charge in [0.05, 0.1) is 0 Å². The third kappa shape index (κ3) is 4.15. The summed E-state index contributed by atoms with van der Waals surface area (Å²) in [6.07, 6.45) is 0.958. The lowest BCUT2D eigenvalue weighted by Crippen LogP contribution is -2.42. The number of hydrogen-bond acceptors (Lipinski definition) is 2. The van der Waals surface area contributed by atoms with E-state index in [1.54, 1.807) is 0 Å². The summed E-state index contributed by atoms with van der Waals surface area (Å²) in [5.74, 6) is 0.0963. The van der Waals surface area contributed by atoms with Gasteiger partial charge in [0.1, 0.15) is 0 Å². The lowest BCUT2D eigenvalue weighted by molar-refractivity contribution is 0.0689. The first-order valence-corrected chi connectivity index (χ1v) is 6.54. The summed E-state index contributed by atoms with van der Waals surface area (Å²) in [5, 5.41) is 0. The summed E-state index contributed by atoms with van der Waals surface area (Å²) in [5.41, 5.74) is 6.46.